The molecule has 2 N–H and O–H groups in total. The van der Waals surface area contributed by atoms with Crippen LogP contribution in [-0.4, -0.2) is 24.5 Å². The van der Waals surface area contributed by atoms with Crippen LogP contribution in [0.4, 0.5) is 4.39 Å². The Balaban J connectivity index is 1.96. The van der Waals surface area contributed by atoms with Gasteiger partial charge < -0.3 is 10.6 Å². The SMILES string of the molecule is CN=C(NCc1ccccn1)NCC(C)(C)c1ccc(F)cc1Cl. The molecule has 2 aromatic rings. The zero-order valence-electron chi connectivity index (χ0n) is 14.1. The number of benzene rings is 1. The highest BCUT2D eigenvalue weighted by Crippen LogP contribution is 2.29. The van der Waals surface area contributed by atoms with Gasteiger partial charge in [0.05, 0.1) is 12.2 Å². The second kappa shape index (κ2) is 8.11. The molecule has 1 heterocycles. The van der Waals surface area contributed by atoms with Crippen molar-refractivity contribution in [2.75, 3.05) is 13.6 Å². The van der Waals surface area contributed by atoms with Crippen molar-refractivity contribution in [2.24, 2.45) is 4.99 Å². The third-order valence-corrected chi connectivity index (χ3v) is 4.06. The van der Waals surface area contributed by atoms with Gasteiger partial charge in [0.25, 0.3) is 0 Å². The lowest BCUT2D eigenvalue weighted by atomic mass is 9.84. The molecular weight excluding hydrogens is 327 g/mol. The first kappa shape index (κ1) is 18.2. The molecule has 0 fully saturated rings. The van der Waals surface area contributed by atoms with Gasteiger partial charge in [-0.1, -0.05) is 37.6 Å². The van der Waals surface area contributed by atoms with Crippen LogP contribution < -0.4 is 10.6 Å². The Morgan fingerprint density at radius 1 is 1.25 bits per heavy atom. The first-order valence-corrected chi connectivity index (χ1v) is 8.10. The van der Waals surface area contributed by atoms with Crippen molar-refractivity contribution in [1.82, 2.24) is 15.6 Å². The Kier molecular flexibility index (Phi) is 6.15. The molecule has 0 saturated carbocycles. The Labute approximate surface area is 147 Å². The maximum absolute atomic E-state index is 13.2. The molecule has 0 radical (unpaired) electrons. The van der Waals surface area contributed by atoms with Gasteiger partial charge in [0, 0.05) is 30.2 Å². The highest BCUT2D eigenvalue weighted by atomic mass is 35.5. The number of aromatic nitrogens is 1. The average molecular weight is 349 g/mol. The summed E-state index contributed by atoms with van der Waals surface area (Å²) in [5.74, 6) is 0.340. The van der Waals surface area contributed by atoms with Crippen molar-refractivity contribution in [1.29, 1.82) is 0 Å². The second-order valence-corrected chi connectivity index (χ2v) is 6.52. The van der Waals surface area contributed by atoms with Crippen LogP contribution in [0, 0.1) is 5.82 Å². The Bertz CT molecular complexity index is 701. The summed E-state index contributed by atoms with van der Waals surface area (Å²) in [6.45, 7) is 5.27. The maximum Gasteiger partial charge on any atom is 0.191 e. The molecule has 24 heavy (non-hydrogen) atoms. The third kappa shape index (κ3) is 4.93. The number of pyridine rings is 1. The number of hydrogen-bond acceptors (Lipinski definition) is 2. The highest BCUT2D eigenvalue weighted by Gasteiger charge is 2.24. The maximum atomic E-state index is 13.2. The average Bonchev–Trinajstić information content (AvgIpc) is 2.55. The van der Waals surface area contributed by atoms with E-state index in [1.54, 1.807) is 19.3 Å². The first-order chi connectivity index (χ1) is 11.4. The number of hydrogen-bond donors (Lipinski definition) is 2. The zero-order chi connectivity index (χ0) is 17.6. The molecule has 0 amide bonds. The molecule has 1 aromatic carbocycles. The summed E-state index contributed by atoms with van der Waals surface area (Å²) in [6.07, 6.45) is 1.76. The third-order valence-electron chi connectivity index (χ3n) is 3.74. The molecule has 0 aliphatic carbocycles. The molecule has 0 spiro atoms. The number of rotatable bonds is 5. The van der Waals surface area contributed by atoms with E-state index >= 15 is 0 Å². The monoisotopic (exact) mass is 348 g/mol. The van der Waals surface area contributed by atoms with E-state index in [4.69, 9.17) is 11.6 Å². The Morgan fingerprint density at radius 3 is 2.67 bits per heavy atom. The van der Waals surface area contributed by atoms with Crippen LogP contribution in [0.2, 0.25) is 5.02 Å². The fraction of sp³-hybridized carbons (Fsp3) is 0.333. The summed E-state index contributed by atoms with van der Waals surface area (Å²) in [7, 11) is 1.71. The van der Waals surface area contributed by atoms with Crippen LogP contribution in [0.3, 0.4) is 0 Å². The summed E-state index contributed by atoms with van der Waals surface area (Å²) >= 11 is 6.18. The summed E-state index contributed by atoms with van der Waals surface area (Å²) in [5.41, 5.74) is 1.53. The van der Waals surface area contributed by atoms with Crippen LogP contribution in [-0.2, 0) is 12.0 Å². The second-order valence-electron chi connectivity index (χ2n) is 6.11. The zero-order valence-corrected chi connectivity index (χ0v) is 14.9. The predicted octanol–water partition coefficient (Wildman–Crippen LogP) is 3.52. The summed E-state index contributed by atoms with van der Waals surface area (Å²) < 4.78 is 13.2. The largest absolute Gasteiger partial charge is 0.356 e. The van der Waals surface area contributed by atoms with Crippen molar-refractivity contribution in [3.8, 4) is 0 Å². The minimum absolute atomic E-state index is 0.284. The van der Waals surface area contributed by atoms with Crippen molar-refractivity contribution in [3.05, 3.63) is 64.7 Å². The van der Waals surface area contributed by atoms with Crippen LogP contribution in [0.25, 0.3) is 0 Å². The number of nitrogens with one attached hydrogen (secondary N) is 2. The molecule has 1 aromatic heterocycles. The molecule has 128 valence electrons. The van der Waals surface area contributed by atoms with Gasteiger partial charge >= 0.3 is 0 Å². The van der Waals surface area contributed by atoms with E-state index < -0.39 is 0 Å². The standard InChI is InChI=1S/C18H22ClFN4/c1-18(2,15-8-7-13(20)10-16(15)19)12-24-17(21-3)23-11-14-6-4-5-9-22-14/h4-10H,11-12H2,1-3H3,(H2,21,23,24). The minimum Gasteiger partial charge on any atom is -0.356 e. The number of nitrogens with zero attached hydrogens (tertiary/aromatic N) is 2. The molecule has 0 aliphatic heterocycles. The molecule has 0 unspecified atom stereocenters. The van der Waals surface area contributed by atoms with Gasteiger partial charge in [-0.3, -0.25) is 9.98 Å². The van der Waals surface area contributed by atoms with Crippen molar-refractivity contribution < 1.29 is 4.39 Å². The van der Waals surface area contributed by atoms with E-state index in [9.17, 15) is 4.39 Å². The summed E-state index contributed by atoms with van der Waals surface area (Å²) in [6, 6.07) is 10.3. The van der Waals surface area contributed by atoms with Gasteiger partial charge in [-0.15, -0.1) is 0 Å². The fourth-order valence-corrected chi connectivity index (χ4v) is 2.76. The number of guanidine groups is 1. The fourth-order valence-electron chi connectivity index (χ4n) is 2.34. The predicted molar refractivity (Wildman–Crippen MR) is 96.9 cm³/mol. The minimum atomic E-state index is -0.333. The van der Waals surface area contributed by atoms with Crippen molar-refractivity contribution >= 4 is 17.6 Å². The number of aliphatic imine (C=N–C) groups is 1. The lowest BCUT2D eigenvalue weighted by Gasteiger charge is -2.27. The lowest BCUT2D eigenvalue weighted by Crippen LogP contribution is -2.43. The van der Waals surface area contributed by atoms with Crippen LogP contribution in [0.1, 0.15) is 25.1 Å². The van der Waals surface area contributed by atoms with Gasteiger partial charge in [-0.2, -0.15) is 0 Å². The normalized spacial score (nSPS) is 12.1. The van der Waals surface area contributed by atoms with E-state index in [1.807, 2.05) is 32.0 Å². The van der Waals surface area contributed by atoms with Crippen molar-refractivity contribution in [2.45, 2.75) is 25.8 Å². The van der Waals surface area contributed by atoms with E-state index in [-0.39, 0.29) is 11.2 Å². The van der Waals surface area contributed by atoms with E-state index in [0.29, 0.717) is 24.1 Å². The van der Waals surface area contributed by atoms with Gasteiger partial charge in [0.1, 0.15) is 5.82 Å². The Hall–Kier alpha value is -2.14. The number of halogens is 2. The molecule has 0 bridgehead atoms. The molecule has 2 rings (SSSR count). The van der Waals surface area contributed by atoms with Gasteiger partial charge in [0.2, 0.25) is 0 Å². The quantitative estimate of drug-likeness (QED) is 0.642. The molecule has 6 heteroatoms. The molecule has 0 aliphatic rings. The van der Waals surface area contributed by atoms with Gasteiger partial charge in [-0.25, -0.2) is 4.39 Å². The molecular formula is C18H22ClFN4. The van der Waals surface area contributed by atoms with Crippen molar-refractivity contribution in [3.63, 3.8) is 0 Å². The lowest BCUT2D eigenvalue weighted by molar-refractivity contribution is 0.507. The van der Waals surface area contributed by atoms with Gasteiger partial charge in [0.15, 0.2) is 5.96 Å². The molecule has 0 atom stereocenters. The smallest absolute Gasteiger partial charge is 0.191 e. The highest BCUT2D eigenvalue weighted by molar-refractivity contribution is 6.31. The van der Waals surface area contributed by atoms with E-state index in [2.05, 4.69) is 20.6 Å². The van der Waals surface area contributed by atoms with Crippen LogP contribution in [0.15, 0.2) is 47.6 Å². The van der Waals surface area contributed by atoms with Crippen LogP contribution in [0.5, 0.6) is 0 Å². The summed E-state index contributed by atoms with van der Waals surface area (Å²) in [5, 5.41) is 6.92. The summed E-state index contributed by atoms with van der Waals surface area (Å²) in [4.78, 5) is 8.47. The molecule has 4 nitrogen and oxygen atoms in total. The van der Waals surface area contributed by atoms with E-state index in [0.717, 1.165) is 11.3 Å². The van der Waals surface area contributed by atoms with Gasteiger partial charge in [-0.05, 0) is 29.8 Å². The van der Waals surface area contributed by atoms with Crippen LogP contribution >= 0.6 is 11.6 Å². The first-order valence-electron chi connectivity index (χ1n) is 7.72. The Morgan fingerprint density at radius 2 is 2.04 bits per heavy atom. The molecule has 0 saturated heterocycles. The van der Waals surface area contributed by atoms with E-state index in [1.165, 1.54) is 12.1 Å². The topological polar surface area (TPSA) is 49.3 Å².